The molecule has 5 rings (SSSR count). The maximum Gasteiger partial charge on any atom is 0.522 e. The second-order valence-corrected chi connectivity index (χ2v) is 9.44. The van der Waals surface area contributed by atoms with E-state index in [0.717, 1.165) is 15.6 Å². The van der Waals surface area contributed by atoms with Gasteiger partial charge in [0.25, 0.3) is 12.3 Å². The van der Waals surface area contributed by atoms with Crippen LogP contribution in [0, 0.1) is 0 Å². The van der Waals surface area contributed by atoms with Crippen molar-refractivity contribution in [2.24, 2.45) is 0 Å². The van der Waals surface area contributed by atoms with Gasteiger partial charge < -0.3 is 9.80 Å². The predicted molar refractivity (Wildman–Crippen MR) is 126 cm³/mol. The van der Waals surface area contributed by atoms with E-state index in [1.165, 1.54) is 12.4 Å². The van der Waals surface area contributed by atoms with Crippen molar-refractivity contribution in [3.8, 4) is 0 Å². The first-order valence-corrected chi connectivity index (χ1v) is 12.3. The smallest absolute Gasteiger partial charge is 0.355 e. The van der Waals surface area contributed by atoms with Crippen LogP contribution in [0.2, 0.25) is 0 Å². The van der Waals surface area contributed by atoms with Crippen molar-refractivity contribution in [2.75, 3.05) is 36.0 Å². The van der Waals surface area contributed by atoms with Crippen LogP contribution in [0.1, 0.15) is 18.5 Å². The Morgan fingerprint density at radius 2 is 1.69 bits per heavy atom. The molecule has 3 aromatic heterocycles. The van der Waals surface area contributed by atoms with E-state index < -0.39 is 61.8 Å². The molecule has 0 aliphatic carbocycles. The van der Waals surface area contributed by atoms with Gasteiger partial charge in [0.15, 0.2) is 5.65 Å². The number of ether oxygens (including phenoxy) is 1. The molecule has 3 aromatic rings. The lowest BCUT2D eigenvalue weighted by molar-refractivity contribution is -0.325. The molecule has 2 saturated heterocycles. The van der Waals surface area contributed by atoms with Gasteiger partial charge in [0, 0.05) is 19.6 Å². The summed E-state index contributed by atoms with van der Waals surface area (Å²) in [7, 11) is 0. The van der Waals surface area contributed by atoms with E-state index in [1.807, 2.05) is 0 Å². The summed E-state index contributed by atoms with van der Waals surface area (Å²) in [6.45, 7) is -2.28. The second kappa shape index (κ2) is 10.6. The zero-order valence-electron chi connectivity index (χ0n) is 21.2. The normalized spacial score (nSPS) is 17.9. The van der Waals surface area contributed by atoms with Gasteiger partial charge in [-0.25, -0.2) is 38.1 Å². The standard InChI is InChI=1S/C23H20F8N8O3/c24-16(25)12-38-18-14(10-34-38)32-11-17(35-18)36-5-3-21(4-6-36)19(40)39(13-1-2-15(33-9-13)22(26,27)28)20(41)37(21)7-8-42-23(29,30)31/h1-2,9-11,16H,3-8,12H2. The average Bonchev–Trinajstić information content (AvgIpc) is 3.39. The molecule has 0 N–H and O–H groups in total. The molecular formula is C23H20F8N8O3. The summed E-state index contributed by atoms with van der Waals surface area (Å²) in [5, 5.41) is 3.85. The van der Waals surface area contributed by atoms with Crippen molar-refractivity contribution in [1.29, 1.82) is 0 Å². The highest BCUT2D eigenvalue weighted by molar-refractivity contribution is 6.23. The van der Waals surface area contributed by atoms with Gasteiger partial charge in [-0.1, -0.05) is 0 Å². The molecule has 0 bridgehead atoms. The van der Waals surface area contributed by atoms with Gasteiger partial charge in [-0.05, 0) is 25.0 Å². The number of fused-ring (bicyclic) bond motifs is 1. The van der Waals surface area contributed by atoms with Gasteiger partial charge in [0.05, 0.1) is 30.9 Å². The lowest BCUT2D eigenvalue weighted by Crippen LogP contribution is -2.57. The maximum atomic E-state index is 13.7. The van der Waals surface area contributed by atoms with Crippen LogP contribution in [0.3, 0.4) is 0 Å². The Morgan fingerprint density at radius 3 is 2.29 bits per heavy atom. The van der Waals surface area contributed by atoms with Crippen molar-refractivity contribution >= 4 is 34.6 Å². The first-order valence-electron chi connectivity index (χ1n) is 12.3. The number of hydrogen-bond acceptors (Lipinski definition) is 8. The number of piperidine rings is 1. The predicted octanol–water partition coefficient (Wildman–Crippen LogP) is 3.85. The van der Waals surface area contributed by atoms with Crippen LogP contribution >= 0.6 is 0 Å². The van der Waals surface area contributed by atoms with Crippen LogP contribution in [-0.4, -0.2) is 86.1 Å². The van der Waals surface area contributed by atoms with Crippen molar-refractivity contribution in [2.45, 2.75) is 43.9 Å². The van der Waals surface area contributed by atoms with Gasteiger partial charge in [0.1, 0.15) is 29.1 Å². The first kappa shape index (κ1) is 29.3. The van der Waals surface area contributed by atoms with E-state index in [9.17, 15) is 44.7 Å². The minimum atomic E-state index is -5.01. The van der Waals surface area contributed by atoms with Crippen LogP contribution in [0.15, 0.2) is 30.7 Å². The monoisotopic (exact) mass is 608 g/mol. The molecule has 226 valence electrons. The van der Waals surface area contributed by atoms with Gasteiger partial charge in [-0.2, -0.15) is 18.3 Å². The number of nitrogens with zero attached hydrogens (tertiary/aromatic N) is 8. The van der Waals surface area contributed by atoms with Gasteiger partial charge in [0.2, 0.25) is 0 Å². The van der Waals surface area contributed by atoms with Crippen molar-refractivity contribution in [3.05, 3.63) is 36.4 Å². The van der Waals surface area contributed by atoms with Crippen molar-refractivity contribution in [3.63, 3.8) is 0 Å². The third-order valence-corrected chi connectivity index (χ3v) is 6.98. The number of aromatic nitrogens is 5. The molecule has 5 heterocycles. The highest BCUT2D eigenvalue weighted by Crippen LogP contribution is 2.40. The highest BCUT2D eigenvalue weighted by Gasteiger charge is 2.58. The first-order chi connectivity index (χ1) is 19.7. The summed E-state index contributed by atoms with van der Waals surface area (Å²) in [5.74, 6) is -0.599. The molecule has 0 unspecified atom stereocenters. The van der Waals surface area contributed by atoms with Crippen LogP contribution in [-0.2, 0) is 22.3 Å². The topological polar surface area (TPSA) is 110 Å². The summed E-state index contributed by atoms with van der Waals surface area (Å²) >= 11 is 0. The number of rotatable bonds is 7. The summed E-state index contributed by atoms with van der Waals surface area (Å²) in [6.07, 6.45) is -9.38. The third-order valence-electron chi connectivity index (χ3n) is 6.98. The second-order valence-electron chi connectivity index (χ2n) is 9.44. The zero-order chi connectivity index (χ0) is 30.4. The van der Waals surface area contributed by atoms with E-state index in [4.69, 9.17) is 0 Å². The molecule has 2 aliphatic heterocycles. The summed E-state index contributed by atoms with van der Waals surface area (Å²) in [4.78, 5) is 42.0. The quantitative estimate of drug-likeness (QED) is 0.294. The number of hydrogen-bond donors (Lipinski definition) is 0. The third kappa shape index (κ3) is 5.51. The number of anilines is 2. The molecule has 0 atom stereocenters. The molecule has 2 aliphatic rings. The van der Waals surface area contributed by atoms with E-state index in [1.54, 1.807) is 4.90 Å². The minimum absolute atomic E-state index is 0.0396. The number of halogens is 8. The molecular weight excluding hydrogens is 588 g/mol. The zero-order valence-corrected chi connectivity index (χ0v) is 21.2. The maximum absolute atomic E-state index is 13.7. The van der Waals surface area contributed by atoms with Gasteiger partial charge in [-0.3, -0.25) is 9.53 Å². The van der Waals surface area contributed by atoms with Crippen LogP contribution in [0.4, 0.5) is 51.4 Å². The fraction of sp³-hybridized carbons (Fsp3) is 0.478. The minimum Gasteiger partial charge on any atom is -0.355 e. The van der Waals surface area contributed by atoms with Crippen LogP contribution in [0.5, 0.6) is 0 Å². The van der Waals surface area contributed by atoms with E-state index >= 15 is 0 Å². The molecule has 3 amide bonds. The Hall–Kier alpha value is -4.16. The van der Waals surface area contributed by atoms with Crippen LogP contribution < -0.4 is 9.80 Å². The number of imide groups is 1. The molecule has 0 aromatic carbocycles. The average molecular weight is 608 g/mol. The van der Waals surface area contributed by atoms with Gasteiger partial charge >= 0.3 is 18.6 Å². The molecule has 0 radical (unpaired) electrons. The Labute approximate surface area is 230 Å². The number of carbonyl (C=O) groups excluding carboxylic acids is 2. The highest BCUT2D eigenvalue weighted by atomic mass is 19.4. The fourth-order valence-electron chi connectivity index (χ4n) is 5.04. The van der Waals surface area contributed by atoms with E-state index in [2.05, 4.69) is 24.8 Å². The summed E-state index contributed by atoms with van der Waals surface area (Å²) < 4.78 is 108. The molecule has 1 spiro atoms. The van der Waals surface area contributed by atoms with Crippen molar-refractivity contribution < 1.29 is 49.4 Å². The summed E-state index contributed by atoms with van der Waals surface area (Å²) in [5.41, 5.74) is -2.85. The van der Waals surface area contributed by atoms with Crippen LogP contribution in [0.25, 0.3) is 11.2 Å². The Kier molecular flexibility index (Phi) is 7.40. The number of carbonyl (C=O) groups is 2. The molecule has 19 heteroatoms. The largest absolute Gasteiger partial charge is 0.522 e. The SMILES string of the molecule is O=C1N(c2ccc(C(F)(F)F)nc2)C(=O)C2(CCN(c3cnc4cnn(CC(F)F)c4n3)CC2)N1CCOC(F)(F)F. The number of amides is 3. The number of urea groups is 1. The fourth-order valence-corrected chi connectivity index (χ4v) is 5.04. The Balaban J connectivity index is 1.41. The Morgan fingerprint density at radius 1 is 0.976 bits per heavy atom. The summed E-state index contributed by atoms with van der Waals surface area (Å²) in [6, 6.07) is 0.406. The Bertz CT molecular complexity index is 1470. The van der Waals surface area contributed by atoms with Crippen molar-refractivity contribution in [1.82, 2.24) is 29.6 Å². The lowest BCUT2D eigenvalue weighted by atomic mass is 9.85. The lowest BCUT2D eigenvalue weighted by Gasteiger charge is -2.42. The van der Waals surface area contributed by atoms with E-state index in [0.29, 0.717) is 17.2 Å². The number of pyridine rings is 1. The van der Waals surface area contributed by atoms with Gasteiger partial charge in [-0.15, -0.1) is 13.2 Å². The number of alkyl halides is 8. The van der Waals surface area contributed by atoms with E-state index in [-0.39, 0.29) is 48.6 Å². The molecule has 0 saturated carbocycles. The molecule has 11 nitrogen and oxygen atoms in total. The molecule has 42 heavy (non-hydrogen) atoms. The molecule has 2 fully saturated rings.